The van der Waals surface area contributed by atoms with Gasteiger partial charge in [0.25, 0.3) is 0 Å². The summed E-state index contributed by atoms with van der Waals surface area (Å²) in [6.45, 7) is 1.86. The number of hydrogen-bond donors (Lipinski definition) is 2. The second kappa shape index (κ2) is 6.80. The lowest BCUT2D eigenvalue weighted by Gasteiger charge is -2.29. The van der Waals surface area contributed by atoms with E-state index < -0.39 is 29.1 Å². The van der Waals surface area contributed by atoms with Crippen molar-refractivity contribution in [2.75, 3.05) is 6.61 Å². The molecule has 1 aliphatic heterocycles. The van der Waals surface area contributed by atoms with Gasteiger partial charge in [-0.2, -0.15) is 13.2 Å². The van der Waals surface area contributed by atoms with Crippen LogP contribution in [0, 0.1) is 0 Å². The van der Waals surface area contributed by atoms with E-state index in [-0.39, 0.29) is 18.1 Å². The Bertz CT molecular complexity index is 627. The van der Waals surface area contributed by atoms with E-state index in [1.807, 2.05) is 0 Å². The lowest BCUT2D eigenvalue weighted by molar-refractivity contribution is -0.138. The molecule has 1 aliphatic rings. The monoisotopic (exact) mass is 344 g/mol. The molecule has 1 aromatic rings. The Morgan fingerprint density at radius 3 is 2.54 bits per heavy atom. The third-order valence-electron chi connectivity index (χ3n) is 4.09. The van der Waals surface area contributed by atoms with Gasteiger partial charge in [0.2, 0.25) is 11.8 Å². The summed E-state index contributed by atoms with van der Waals surface area (Å²) < 4.78 is 44.0. The zero-order valence-electron chi connectivity index (χ0n) is 13.2. The van der Waals surface area contributed by atoms with Crippen LogP contribution in [0.2, 0.25) is 0 Å². The summed E-state index contributed by atoms with van der Waals surface area (Å²) >= 11 is 0. The molecule has 1 fully saturated rings. The molecule has 2 atom stereocenters. The summed E-state index contributed by atoms with van der Waals surface area (Å²) in [7, 11) is 0. The van der Waals surface area contributed by atoms with Crippen molar-refractivity contribution in [2.45, 2.75) is 44.0 Å². The van der Waals surface area contributed by atoms with Gasteiger partial charge in [-0.25, -0.2) is 0 Å². The normalized spacial score (nSPS) is 20.4. The molecular formula is C16H19F3N2O3. The number of primary amides is 1. The van der Waals surface area contributed by atoms with E-state index in [1.54, 1.807) is 0 Å². The standard InChI is InChI=1S/C16H19F3N2O3/c1-15(14(20)23,21-13(22)9-12-6-3-7-24-12)10-4-2-5-11(8-10)16(17,18)19/h2,4-5,8,12H,3,6-7,9H2,1H3,(H2,20,23)(H,21,22)/t12-,15+/m0/s1. The number of carbonyl (C=O) groups is 2. The van der Waals surface area contributed by atoms with Gasteiger partial charge in [-0.1, -0.05) is 12.1 Å². The Hall–Kier alpha value is -2.09. The molecule has 0 aliphatic carbocycles. The number of rotatable bonds is 5. The molecule has 0 unspecified atom stereocenters. The SMILES string of the molecule is C[C@](NC(=O)C[C@@H]1CCCO1)(C(N)=O)c1cccc(C(F)(F)F)c1. The number of benzene rings is 1. The summed E-state index contributed by atoms with van der Waals surface area (Å²) in [5.41, 5.74) is 2.67. The van der Waals surface area contributed by atoms with E-state index in [2.05, 4.69) is 5.32 Å². The second-order valence-corrected chi connectivity index (χ2v) is 5.96. The van der Waals surface area contributed by atoms with Gasteiger partial charge in [-0.3, -0.25) is 9.59 Å². The predicted molar refractivity (Wildman–Crippen MR) is 79.7 cm³/mol. The number of nitrogens with two attached hydrogens (primary N) is 1. The molecule has 2 amide bonds. The zero-order valence-corrected chi connectivity index (χ0v) is 13.2. The lowest BCUT2D eigenvalue weighted by atomic mass is 9.89. The van der Waals surface area contributed by atoms with E-state index in [1.165, 1.54) is 19.1 Å². The highest BCUT2D eigenvalue weighted by Crippen LogP contribution is 2.32. The Morgan fingerprint density at radius 1 is 1.33 bits per heavy atom. The van der Waals surface area contributed by atoms with E-state index in [9.17, 15) is 22.8 Å². The van der Waals surface area contributed by atoms with Crippen molar-refractivity contribution >= 4 is 11.8 Å². The highest BCUT2D eigenvalue weighted by atomic mass is 19.4. The molecule has 132 valence electrons. The quantitative estimate of drug-likeness (QED) is 0.858. The highest BCUT2D eigenvalue weighted by molar-refractivity contribution is 5.91. The molecule has 1 heterocycles. The molecule has 1 aromatic carbocycles. The van der Waals surface area contributed by atoms with Crippen molar-refractivity contribution in [3.8, 4) is 0 Å². The number of halogens is 3. The number of ether oxygens (including phenoxy) is 1. The van der Waals surface area contributed by atoms with Crippen LogP contribution in [0.5, 0.6) is 0 Å². The minimum absolute atomic E-state index is 0.0227. The van der Waals surface area contributed by atoms with Crippen molar-refractivity contribution in [3.63, 3.8) is 0 Å². The minimum atomic E-state index is -4.56. The molecule has 3 N–H and O–H groups in total. The smallest absolute Gasteiger partial charge is 0.378 e. The fourth-order valence-corrected chi connectivity index (χ4v) is 2.62. The van der Waals surface area contributed by atoms with Gasteiger partial charge in [0.15, 0.2) is 0 Å². The summed E-state index contributed by atoms with van der Waals surface area (Å²) in [6.07, 6.45) is -3.20. The first-order valence-electron chi connectivity index (χ1n) is 7.53. The van der Waals surface area contributed by atoms with Crippen LogP contribution in [-0.4, -0.2) is 24.5 Å². The van der Waals surface area contributed by atoms with Crippen LogP contribution in [0.3, 0.4) is 0 Å². The summed E-state index contributed by atoms with van der Waals surface area (Å²) in [4.78, 5) is 24.0. The predicted octanol–water partition coefficient (Wildman–Crippen LogP) is 2.09. The van der Waals surface area contributed by atoms with Crippen LogP contribution in [0.4, 0.5) is 13.2 Å². The molecule has 5 nitrogen and oxygen atoms in total. The van der Waals surface area contributed by atoms with Crippen molar-refractivity contribution in [1.29, 1.82) is 0 Å². The van der Waals surface area contributed by atoms with Crippen LogP contribution in [0.25, 0.3) is 0 Å². The van der Waals surface area contributed by atoms with E-state index >= 15 is 0 Å². The summed E-state index contributed by atoms with van der Waals surface area (Å²) in [6, 6.07) is 4.20. The third-order valence-corrected chi connectivity index (χ3v) is 4.09. The Balaban J connectivity index is 2.23. The van der Waals surface area contributed by atoms with Gasteiger partial charge in [0.1, 0.15) is 5.54 Å². The number of amides is 2. The third kappa shape index (κ3) is 4.05. The number of alkyl halides is 3. The summed E-state index contributed by atoms with van der Waals surface area (Å²) in [5.74, 6) is -1.44. The lowest BCUT2D eigenvalue weighted by Crippen LogP contribution is -2.53. The fraction of sp³-hybridized carbons (Fsp3) is 0.500. The van der Waals surface area contributed by atoms with Gasteiger partial charge in [0, 0.05) is 6.61 Å². The fourth-order valence-electron chi connectivity index (χ4n) is 2.62. The Morgan fingerprint density at radius 2 is 2.00 bits per heavy atom. The largest absolute Gasteiger partial charge is 0.416 e. The van der Waals surface area contributed by atoms with Crippen LogP contribution in [0.15, 0.2) is 24.3 Å². The minimum Gasteiger partial charge on any atom is -0.378 e. The van der Waals surface area contributed by atoms with Gasteiger partial charge >= 0.3 is 6.18 Å². The van der Waals surface area contributed by atoms with Gasteiger partial charge in [0.05, 0.1) is 18.1 Å². The molecule has 8 heteroatoms. The molecule has 24 heavy (non-hydrogen) atoms. The van der Waals surface area contributed by atoms with E-state index in [0.29, 0.717) is 6.61 Å². The maximum Gasteiger partial charge on any atom is 0.416 e. The van der Waals surface area contributed by atoms with Crippen LogP contribution in [-0.2, 0) is 26.0 Å². The van der Waals surface area contributed by atoms with E-state index in [0.717, 1.165) is 25.0 Å². The number of carbonyl (C=O) groups excluding carboxylic acids is 2. The van der Waals surface area contributed by atoms with Crippen LogP contribution >= 0.6 is 0 Å². The number of hydrogen-bond acceptors (Lipinski definition) is 3. The van der Waals surface area contributed by atoms with Crippen LogP contribution < -0.4 is 11.1 Å². The molecule has 0 bridgehead atoms. The van der Waals surface area contributed by atoms with Gasteiger partial charge in [-0.05, 0) is 37.5 Å². The molecule has 0 spiro atoms. The van der Waals surface area contributed by atoms with Crippen molar-refractivity contribution in [1.82, 2.24) is 5.32 Å². The first kappa shape index (κ1) is 18.3. The molecular weight excluding hydrogens is 325 g/mol. The topological polar surface area (TPSA) is 81.4 Å². The first-order chi connectivity index (χ1) is 11.1. The highest BCUT2D eigenvalue weighted by Gasteiger charge is 2.38. The molecule has 0 radical (unpaired) electrons. The molecule has 1 saturated heterocycles. The number of nitrogens with one attached hydrogen (secondary N) is 1. The van der Waals surface area contributed by atoms with Gasteiger partial charge in [-0.15, -0.1) is 0 Å². The average molecular weight is 344 g/mol. The summed E-state index contributed by atoms with van der Waals surface area (Å²) in [5, 5.41) is 2.45. The molecule has 0 aromatic heterocycles. The first-order valence-corrected chi connectivity index (χ1v) is 7.53. The van der Waals surface area contributed by atoms with Crippen molar-refractivity contribution < 1.29 is 27.5 Å². The van der Waals surface area contributed by atoms with E-state index in [4.69, 9.17) is 10.5 Å². The zero-order chi connectivity index (χ0) is 18.0. The Labute approximate surface area is 137 Å². The maximum absolute atomic E-state index is 12.9. The van der Waals surface area contributed by atoms with Gasteiger partial charge < -0.3 is 15.8 Å². The van der Waals surface area contributed by atoms with Crippen molar-refractivity contribution in [2.24, 2.45) is 5.73 Å². The second-order valence-electron chi connectivity index (χ2n) is 5.96. The maximum atomic E-state index is 12.9. The average Bonchev–Trinajstić information content (AvgIpc) is 2.98. The molecule has 2 rings (SSSR count). The van der Waals surface area contributed by atoms with Crippen molar-refractivity contribution in [3.05, 3.63) is 35.4 Å². The van der Waals surface area contributed by atoms with Crippen LogP contribution in [0.1, 0.15) is 37.3 Å². The Kier molecular flexibility index (Phi) is 5.17. The molecule has 0 saturated carbocycles.